The van der Waals surface area contributed by atoms with E-state index in [0.29, 0.717) is 10.9 Å². The third-order valence-corrected chi connectivity index (χ3v) is 5.28. The maximum atomic E-state index is 13.7. The zero-order valence-corrected chi connectivity index (χ0v) is 15.0. The lowest BCUT2D eigenvalue weighted by Crippen LogP contribution is -2.30. The van der Waals surface area contributed by atoms with Crippen LogP contribution in [0.15, 0.2) is 27.1 Å². The summed E-state index contributed by atoms with van der Waals surface area (Å²) < 4.78 is 17.0. The maximum absolute atomic E-state index is 13.7. The lowest BCUT2D eigenvalue weighted by atomic mass is 10.0. The van der Waals surface area contributed by atoms with Crippen molar-refractivity contribution in [3.63, 3.8) is 0 Å². The Labute approximate surface area is 140 Å². The summed E-state index contributed by atoms with van der Waals surface area (Å²) >= 11 is 6.86. The molecule has 0 aliphatic rings. The van der Waals surface area contributed by atoms with E-state index in [-0.39, 0.29) is 11.9 Å². The SMILES string of the molecule is CCn1nc(C)c(Br)c1CC(NN)c1cccc(F)c1Br. The predicted molar refractivity (Wildman–Crippen MR) is 88.2 cm³/mol. The third-order valence-electron chi connectivity index (χ3n) is 3.41. The lowest BCUT2D eigenvalue weighted by Gasteiger charge is -2.19. The number of nitrogens with zero attached hydrogens (tertiary/aromatic N) is 2. The minimum Gasteiger partial charge on any atom is -0.271 e. The van der Waals surface area contributed by atoms with Gasteiger partial charge in [-0.25, -0.2) is 4.39 Å². The minimum atomic E-state index is -0.299. The molecule has 0 spiro atoms. The van der Waals surface area contributed by atoms with Crippen molar-refractivity contribution in [3.05, 3.63) is 49.9 Å². The topological polar surface area (TPSA) is 55.9 Å². The van der Waals surface area contributed by atoms with Gasteiger partial charge in [-0.2, -0.15) is 5.10 Å². The van der Waals surface area contributed by atoms with Crippen LogP contribution in [0.4, 0.5) is 4.39 Å². The lowest BCUT2D eigenvalue weighted by molar-refractivity contribution is 0.509. The van der Waals surface area contributed by atoms with Crippen LogP contribution in [0.1, 0.15) is 29.9 Å². The van der Waals surface area contributed by atoms with Gasteiger partial charge < -0.3 is 0 Å². The highest BCUT2D eigenvalue weighted by Gasteiger charge is 2.21. The quantitative estimate of drug-likeness (QED) is 0.574. The molecule has 1 aromatic carbocycles. The van der Waals surface area contributed by atoms with Crippen molar-refractivity contribution in [2.45, 2.75) is 32.9 Å². The standard InChI is InChI=1S/C14H17Br2FN4/c1-3-21-12(13(15)8(2)20-21)7-11(19-18)9-5-4-6-10(17)14(9)16/h4-6,11,19H,3,7,18H2,1-2H3. The van der Waals surface area contributed by atoms with Crippen LogP contribution < -0.4 is 11.3 Å². The molecule has 21 heavy (non-hydrogen) atoms. The number of hydrogen-bond acceptors (Lipinski definition) is 3. The van der Waals surface area contributed by atoms with E-state index in [0.717, 1.165) is 28.0 Å². The second-order valence-corrected chi connectivity index (χ2v) is 6.31. The first-order chi connectivity index (χ1) is 9.99. The van der Waals surface area contributed by atoms with Gasteiger partial charge in [-0.15, -0.1) is 0 Å². The van der Waals surface area contributed by atoms with Crippen LogP contribution >= 0.6 is 31.9 Å². The number of rotatable bonds is 5. The largest absolute Gasteiger partial charge is 0.271 e. The van der Waals surface area contributed by atoms with E-state index in [1.165, 1.54) is 6.07 Å². The molecule has 7 heteroatoms. The Morgan fingerprint density at radius 2 is 2.10 bits per heavy atom. The minimum absolute atomic E-state index is 0.215. The Balaban J connectivity index is 2.38. The Bertz CT molecular complexity index is 642. The maximum Gasteiger partial charge on any atom is 0.137 e. The first-order valence-corrected chi connectivity index (χ1v) is 8.20. The molecule has 0 amide bonds. The number of benzene rings is 1. The van der Waals surface area contributed by atoms with Crippen LogP contribution in [0.25, 0.3) is 0 Å². The van der Waals surface area contributed by atoms with Crippen molar-refractivity contribution in [3.8, 4) is 0 Å². The average molecular weight is 420 g/mol. The molecule has 1 heterocycles. The van der Waals surface area contributed by atoms with E-state index in [1.807, 2.05) is 24.6 Å². The van der Waals surface area contributed by atoms with Gasteiger partial charge in [0.2, 0.25) is 0 Å². The fourth-order valence-corrected chi connectivity index (χ4v) is 3.29. The molecule has 0 bridgehead atoms. The zero-order valence-electron chi connectivity index (χ0n) is 11.8. The number of aromatic nitrogens is 2. The Hall–Kier alpha value is -0.760. The second-order valence-electron chi connectivity index (χ2n) is 4.73. The first kappa shape index (κ1) is 16.6. The molecule has 2 rings (SSSR count). The molecule has 0 aliphatic carbocycles. The van der Waals surface area contributed by atoms with Crippen molar-refractivity contribution < 1.29 is 4.39 Å². The number of halogens is 3. The highest BCUT2D eigenvalue weighted by Crippen LogP contribution is 2.30. The molecule has 0 saturated carbocycles. The summed E-state index contributed by atoms with van der Waals surface area (Å²) in [6.07, 6.45) is 0.605. The monoisotopic (exact) mass is 418 g/mol. The van der Waals surface area contributed by atoms with Gasteiger partial charge in [0.1, 0.15) is 5.82 Å². The first-order valence-electron chi connectivity index (χ1n) is 6.61. The summed E-state index contributed by atoms with van der Waals surface area (Å²) in [5.41, 5.74) is 5.51. The fourth-order valence-electron chi connectivity index (χ4n) is 2.31. The molecule has 114 valence electrons. The molecule has 1 unspecified atom stereocenters. The fraction of sp³-hybridized carbons (Fsp3) is 0.357. The molecule has 1 aromatic heterocycles. The van der Waals surface area contributed by atoms with Crippen molar-refractivity contribution >= 4 is 31.9 Å². The van der Waals surface area contributed by atoms with Crippen LogP contribution in [0.3, 0.4) is 0 Å². The van der Waals surface area contributed by atoms with E-state index >= 15 is 0 Å². The van der Waals surface area contributed by atoms with E-state index in [4.69, 9.17) is 5.84 Å². The summed E-state index contributed by atoms with van der Waals surface area (Å²) in [5.74, 6) is 5.38. The van der Waals surface area contributed by atoms with Gasteiger partial charge in [-0.05, 0) is 57.3 Å². The van der Waals surface area contributed by atoms with Gasteiger partial charge in [0.15, 0.2) is 0 Å². The highest BCUT2D eigenvalue weighted by atomic mass is 79.9. The molecule has 1 atom stereocenters. The number of nitrogens with one attached hydrogen (secondary N) is 1. The van der Waals surface area contributed by atoms with E-state index in [1.54, 1.807) is 6.07 Å². The number of aryl methyl sites for hydroxylation is 2. The molecule has 4 nitrogen and oxygen atoms in total. The summed E-state index contributed by atoms with van der Waals surface area (Å²) in [6, 6.07) is 4.73. The van der Waals surface area contributed by atoms with Gasteiger partial charge in [0.05, 0.1) is 26.4 Å². The van der Waals surface area contributed by atoms with E-state index < -0.39 is 0 Å². The molecule has 0 radical (unpaired) electrons. The van der Waals surface area contributed by atoms with Crippen molar-refractivity contribution in [2.75, 3.05) is 0 Å². The van der Waals surface area contributed by atoms with Gasteiger partial charge in [0, 0.05) is 13.0 Å². The molecular weight excluding hydrogens is 403 g/mol. The van der Waals surface area contributed by atoms with Crippen molar-refractivity contribution in [2.24, 2.45) is 5.84 Å². The van der Waals surface area contributed by atoms with Gasteiger partial charge in [-0.1, -0.05) is 12.1 Å². The summed E-state index contributed by atoms with van der Waals surface area (Å²) in [7, 11) is 0. The Kier molecular flexibility index (Phi) is 5.54. The van der Waals surface area contributed by atoms with Crippen LogP contribution in [0.2, 0.25) is 0 Å². The third kappa shape index (κ3) is 3.36. The number of hydrazine groups is 1. The molecule has 3 N–H and O–H groups in total. The van der Waals surface area contributed by atoms with Crippen LogP contribution in [0.5, 0.6) is 0 Å². The number of nitrogens with two attached hydrogens (primary N) is 1. The molecule has 0 fully saturated rings. The predicted octanol–water partition coefficient (Wildman–Crippen LogP) is 3.62. The normalized spacial score (nSPS) is 12.7. The smallest absolute Gasteiger partial charge is 0.137 e. The highest BCUT2D eigenvalue weighted by molar-refractivity contribution is 9.10. The molecule has 2 aromatic rings. The Morgan fingerprint density at radius 3 is 2.71 bits per heavy atom. The Morgan fingerprint density at radius 1 is 1.38 bits per heavy atom. The molecule has 0 aliphatic heterocycles. The van der Waals surface area contributed by atoms with Gasteiger partial charge in [0.25, 0.3) is 0 Å². The molecule has 0 saturated heterocycles. The zero-order chi connectivity index (χ0) is 15.6. The average Bonchev–Trinajstić information content (AvgIpc) is 2.75. The van der Waals surface area contributed by atoms with Gasteiger partial charge >= 0.3 is 0 Å². The van der Waals surface area contributed by atoms with E-state index in [2.05, 4.69) is 42.4 Å². The molecular formula is C14H17Br2FN4. The second kappa shape index (κ2) is 7.00. The van der Waals surface area contributed by atoms with Crippen molar-refractivity contribution in [1.29, 1.82) is 0 Å². The van der Waals surface area contributed by atoms with Crippen molar-refractivity contribution in [1.82, 2.24) is 15.2 Å². The van der Waals surface area contributed by atoms with Crippen LogP contribution in [-0.2, 0) is 13.0 Å². The summed E-state index contributed by atoms with van der Waals surface area (Å²) in [6.45, 7) is 4.75. The van der Waals surface area contributed by atoms with E-state index in [9.17, 15) is 4.39 Å². The van der Waals surface area contributed by atoms with Gasteiger partial charge in [-0.3, -0.25) is 16.0 Å². The summed E-state index contributed by atoms with van der Waals surface area (Å²) in [4.78, 5) is 0. The van der Waals surface area contributed by atoms with Crippen LogP contribution in [0, 0.1) is 12.7 Å². The summed E-state index contributed by atoms with van der Waals surface area (Å²) in [5, 5.41) is 4.47. The number of hydrogen-bond donors (Lipinski definition) is 2. The van der Waals surface area contributed by atoms with Crippen LogP contribution in [-0.4, -0.2) is 9.78 Å².